The zero-order chi connectivity index (χ0) is 15.5. The third-order valence-corrected chi connectivity index (χ3v) is 4.37. The SMILES string of the molecule is COc1cccc(N2C(=O)/C(=C\c3ccccn3)SC2=S)c1. The number of rotatable bonds is 3. The maximum absolute atomic E-state index is 12.6. The number of nitrogens with zero attached hydrogens (tertiary/aromatic N) is 2. The Hall–Kier alpha value is -2.18. The second-order valence-electron chi connectivity index (χ2n) is 4.47. The molecule has 2 heterocycles. The number of benzene rings is 1. The third kappa shape index (κ3) is 2.88. The fourth-order valence-corrected chi connectivity index (χ4v) is 3.32. The molecular weight excluding hydrogens is 316 g/mol. The van der Waals surface area contributed by atoms with Crippen LogP contribution in [-0.2, 0) is 4.79 Å². The van der Waals surface area contributed by atoms with E-state index >= 15 is 0 Å². The number of aromatic nitrogens is 1. The molecule has 22 heavy (non-hydrogen) atoms. The van der Waals surface area contributed by atoms with Gasteiger partial charge in [0.05, 0.1) is 23.4 Å². The number of thioether (sulfide) groups is 1. The first-order chi connectivity index (χ1) is 10.7. The smallest absolute Gasteiger partial charge is 0.270 e. The number of ether oxygens (including phenoxy) is 1. The molecule has 1 saturated heterocycles. The summed E-state index contributed by atoms with van der Waals surface area (Å²) in [6.07, 6.45) is 3.44. The highest BCUT2D eigenvalue weighted by Crippen LogP contribution is 2.36. The minimum atomic E-state index is -0.145. The summed E-state index contributed by atoms with van der Waals surface area (Å²) in [4.78, 5) is 18.9. The molecule has 3 rings (SSSR count). The van der Waals surface area contributed by atoms with Crippen molar-refractivity contribution in [3.05, 3.63) is 59.3 Å². The van der Waals surface area contributed by atoms with Crippen molar-refractivity contribution < 1.29 is 9.53 Å². The highest BCUT2D eigenvalue weighted by atomic mass is 32.2. The Labute approximate surface area is 137 Å². The van der Waals surface area contributed by atoms with Gasteiger partial charge >= 0.3 is 0 Å². The molecule has 0 bridgehead atoms. The Bertz CT molecular complexity index is 760. The normalized spacial score (nSPS) is 16.4. The monoisotopic (exact) mass is 328 g/mol. The van der Waals surface area contributed by atoms with E-state index in [1.807, 2.05) is 36.4 Å². The van der Waals surface area contributed by atoms with E-state index < -0.39 is 0 Å². The summed E-state index contributed by atoms with van der Waals surface area (Å²) < 4.78 is 5.70. The number of hydrogen-bond acceptors (Lipinski definition) is 5. The van der Waals surface area contributed by atoms with Crippen molar-refractivity contribution in [2.75, 3.05) is 12.0 Å². The number of anilines is 1. The van der Waals surface area contributed by atoms with Gasteiger partial charge in [0.25, 0.3) is 5.91 Å². The van der Waals surface area contributed by atoms with Crippen LogP contribution in [0.25, 0.3) is 6.08 Å². The molecule has 0 radical (unpaired) electrons. The van der Waals surface area contributed by atoms with E-state index in [1.165, 1.54) is 16.7 Å². The standard InChI is InChI=1S/C16H12N2O2S2/c1-20-13-7-4-6-12(10-13)18-15(19)14(22-16(18)21)9-11-5-2-3-8-17-11/h2-10H,1H3/b14-9+. The molecule has 1 aliphatic heterocycles. The number of methoxy groups -OCH3 is 1. The Morgan fingerprint density at radius 2 is 2.14 bits per heavy atom. The Morgan fingerprint density at radius 3 is 2.86 bits per heavy atom. The van der Waals surface area contributed by atoms with Gasteiger partial charge < -0.3 is 4.74 Å². The summed E-state index contributed by atoms with van der Waals surface area (Å²) in [5.41, 5.74) is 1.43. The van der Waals surface area contributed by atoms with Crippen LogP contribution in [0.3, 0.4) is 0 Å². The van der Waals surface area contributed by atoms with Crippen LogP contribution in [-0.4, -0.2) is 22.3 Å². The van der Waals surface area contributed by atoms with Crippen molar-refractivity contribution in [2.24, 2.45) is 0 Å². The molecule has 6 heteroatoms. The predicted octanol–water partition coefficient (Wildman–Crippen LogP) is 3.50. The van der Waals surface area contributed by atoms with Gasteiger partial charge in [-0.05, 0) is 30.3 Å². The first kappa shape index (κ1) is 14.7. The molecule has 1 aromatic carbocycles. The van der Waals surface area contributed by atoms with Crippen LogP contribution in [0.1, 0.15) is 5.69 Å². The van der Waals surface area contributed by atoms with Crippen molar-refractivity contribution in [1.29, 1.82) is 0 Å². The van der Waals surface area contributed by atoms with Gasteiger partial charge in [0.1, 0.15) is 5.75 Å². The Morgan fingerprint density at radius 1 is 1.27 bits per heavy atom. The summed E-state index contributed by atoms with van der Waals surface area (Å²) in [7, 11) is 1.59. The molecule has 0 unspecified atom stereocenters. The first-order valence-electron chi connectivity index (χ1n) is 6.52. The summed E-state index contributed by atoms with van der Waals surface area (Å²) in [6, 6.07) is 12.8. The fraction of sp³-hybridized carbons (Fsp3) is 0.0625. The lowest BCUT2D eigenvalue weighted by Gasteiger charge is -2.15. The van der Waals surface area contributed by atoms with Crippen LogP contribution >= 0.6 is 24.0 Å². The molecule has 4 nitrogen and oxygen atoms in total. The maximum atomic E-state index is 12.6. The Kier molecular flexibility index (Phi) is 4.22. The molecular formula is C16H12N2O2S2. The van der Waals surface area contributed by atoms with Crippen molar-refractivity contribution >= 4 is 46.0 Å². The lowest BCUT2D eigenvalue weighted by Crippen LogP contribution is -2.27. The average Bonchev–Trinajstić information content (AvgIpc) is 2.82. The lowest BCUT2D eigenvalue weighted by atomic mass is 10.2. The number of amides is 1. The summed E-state index contributed by atoms with van der Waals surface area (Å²) in [6.45, 7) is 0. The van der Waals surface area contributed by atoms with Gasteiger partial charge in [-0.15, -0.1) is 0 Å². The van der Waals surface area contributed by atoms with Crippen LogP contribution < -0.4 is 9.64 Å². The zero-order valence-corrected chi connectivity index (χ0v) is 13.4. The van der Waals surface area contributed by atoms with E-state index in [0.717, 1.165) is 5.69 Å². The van der Waals surface area contributed by atoms with Crippen molar-refractivity contribution in [3.8, 4) is 5.75 Å². The molecule has 1 aromatic heterocycles. The summed E-state index contributed by atoms with van der Waals surface area (Å²) in [5, 5.41) is 0. The Balaban J connectivity index is 1.93. The van der Waals surface area contributed by atoms with Crippen LogP contribution in [0.4, 0.5) is 5.69 Å². The van der Waals surface area contributed by atoms with Gasteiger partial charge in [0.15, 0.2) is 4.32 Å². The number of thiocarbonyl (C=S) groups is 1. The molecule has 0 atom stereocenters. The lowest BCUT2D eigenvalue weighted by molar-refractivity contribution is -0.113. The zero-order valence-electron chi connectivity index (χ0n) is 11.7. The predicted molar refractivity (Wildman–Crippen MR) is 92.9 cm³/mol. The molecule has 110 valence electrons. The first-order valence-corrected chi connectivity index (χ1v) is 7.74. The molecule has 1 aliphatic rings. The largest absolute Gasteiger partial charge is 0.497 e. The third-order valence-electron chi connectivity index (χ3n) is 3.07. The van der Waals surface area contributed by atoms with E-state index in [2.05, 4.69) is 4.98 Å². The van der Waals surface area contributed by atoms with E-state index in [1.54, 1.807) is 25.4 Å². The number of carbonyl (C=O) groups excluding carboxylic acids is 1. The quantitative estimate of drug-likeness (QED) is 0.637. The minimum Gasteiger partial charge on any atom is -0.497 e. The van der Waals surface area contributed by atoms with Crippen molar-refractivity contribution in [2.45, 2.75) is 0 Å². The molecule has 1 amide bonds. The van der Waals surface area contributed by atoms with E-state index in [-0.39, 0.29) is 5.91 Å². The highest BCUT2D eigenvalue weighted by molar-refractivity contribution is 8.27. The van der Waals surface area contributed by atoms with Gasteiger partial charge in [-0.1, -0.05) is 36.1 Å². The number of carbonyl (C=O) groups is 1. The molecule has 0 saturated carbocycles. The molecule has 2 aromatic rings. The van der Waals surface area contributed by atoms with Crippen LogP contribution in [0.2, 0.25) is 0 Å². The van der Waals surface area contributed by atoms with Crippen LogP contribution in [0.15, 0.2) is 53.6 Å². The van der Waals surface area contributed by atoms with E-state index in [9.17, 15) is 4.79 Å². The van der Waals surface area contributed by atoms with Gasteiger partial charge in [-0.2, -0.15) is 0 Å². The van der Waals surface area contributed by atoms with Crippen molar-refractivity contribution in [3.63, 3.8) is 0 Å². The van der Waals surface area contributed by atoms with Crippen LogP contribution in [0, 0.1) is 0 Å². The molecule has 0 aliphatic carbocycles. The van der Waals surface area contributed by atoms with E-state index in [0.29, 0.717) is 20.7 Å². The second kappa shape index (κ2) is 6.29. The van der Waals surface area contributed by atoms with Gasteiger partial charge in [0, 0.05) is 12.3 Å². The maximum Gasteiger partial charge on any atom is 0.270 e. The van der Waals surface area contributed by atoms with E-state index in [4.69, 9.17) is 17.0 Å². The summed E-state index contributed by atoms with van der Waals surface area (Å²) >= 11 is 6.61. The van der Waals surface area contributed by atoms with Gasteiger partial charge in [-0.3, -0.25) is 14.7 Å². The summed E-state index contributed by atoms with van der Waals surface area (Å²) in [5.74, 6) is 0.536. The number of pyridine rings is 1. The minimum absolute atomic E-state index is 0.145. The van der Waals surface area contributed by atoms with Gasteiger partial charge in [-0.25, -0.2) is 0 Å². The highest BCUT2D eigenvalue weighted by Gasteiger charge is 2.33. The topological polar surface area (TPSA) is 42.4 Å². The molecule has 0 spiro atoms. The van der Waals surface area contributed by atoms with Crippen molar-refractivity contribution in [1.82, 2.24) is 4.98 Å². The average molecular weight is 328 g/mol. The van der Waals surface area contributed by atoms with Crippen LogP contribution in [0.5, 0.6) is 5.75 Å². The van der Waals surface area contributed by atoms with Gasteiger partial charge in [0.2, 0.25) is 0 Å². The molecule has 0 N–H and O–H groups in total. The number of hydrogen-bond donors (Lipinski definition) is 0. The molecule has 1 fully saturated rings. The fourth-order valence-electron chi connectivity index (χ4n) is 2.04. The second-order valence-corrected chi connectivity index (χ2v) is 6.15.